The van der Waals surface area contributed by atoms with E-state index in [1.54, 1.807) is 36.9 Å². The fraction of sp³-hybridized carbons (Fsp3) is 0.469. The van der Waals surface area contributed by atoms with Crippen LogP contribution < -0.4 is 20.9 Å². The maximum Gasteiger partial charge on any atom is 0.391 e. The molecule has 11 nitrogen and oxygen atoms in total. The van der Waals surface area contributed by atoms with Gasteiger partial charge in [-0.25, -0.2) is 4.98 Å². The summed E-state index contributed by atoms with van der Waals surface area (Å²) >= 11 is 13.3. The van der Waals surface area contributed by atoms with Crippen LogP contribution >= 0.6 is 23.2 Å². The molecule has 0 saturated heterocycles. The largest absolute Gasteiger partial charge is 0.391 e. The molecule has 4 aromatic rings. The van der Waals surface area contributed by atoms with Crippen LogP contribution in [-0.2, 0) is 24.9 Å². The Labute approximate surface area is 286 Å². The van der Waals surface area contributed by atoms with Crippen molar-refractivity contribution in [3.63, 3.8) is 0 Å². The van der Waals surface area contributed by atoms with Crippen molar-refractivity contribution in [1.29, 1.82) is 0 Å². The number of aromatic nitrogens is 5. The van der Waals surface area contributed by atoms with E-state index >= 15 is 0 Å². The van der Waals surface area contributed by atoms with E-state index in [9.17, 15) is 22.8 Å². The first-order chi connectivity index (χ1) is 22.5. The fourth-order valence-corrected chi connectivity index (χ4v) is 6.21. The van der Waals surface area contributed by atoms with Crippen molar-refractivity contribution in [3.8, 4) is 0 Å². The lowest BCUT2D eigenvalue weighted by molar-refractivity contribution is -0.182. The van der Waals surface area contributed by atoms with Gasteiger partial charge in [0.05, 0.1) is 50.5 Å². The highest BCUT2D eigenvalue weighted by Crippen LogP contribution is 2.39. The molecule has 1 aliphatic carbocycles. The van der Waals surface area contributed by atoms with Gasteiger partial charge in [-0.3, -0.25) is 9.59 Å². The zero-order valence-electron chi connectivity index (χ0n) is 27.2. The third-order valence-corrected chi connectivity index (χ3v) is 9.31. The topological polar surface area (TPSA) is 133 Å². The number of anilines is 3. The maximum atomic E-state index is 13.7. The fourth-order valence-electron chi connectivity index (χ4n) is 5.68. The monoisotopic (exact) mass is 707 g/mol. The van der Waals surface area contributed by atoms with E-state index in [2.05, 4.69) is 31.1 Å². The summed E-state index contributed by atoms with van der Waals surface area (Å²) in [7, 11) is 3.60. The second-order valence-electron chi connectivity index (χ2n) is 13.2. The van der Waals surface area contributed by atoms with Crippen LogP contribution in [0.4, 0.5) is 30.5 Å². The first kappa shape index (κ1) is 35.3. The van der Waals surface area contributed by atoms with Crippen LogP contribution in [0.1, 0.15) is 68.2 Å². The summed E-state index contributed by atoms with van der Waals surface area (Å²) in [5, 5.41) is 17.6. The molecule has 48 heavy (non-hydrogen) atoms. The molecule has 1 aliphatic rings. The number of alkyl halides is 3. The van der Waals surface area contributed by atoms with Crippen molar-refractivity contribution >= 4 is 63.4 Å². The number of hydrogen-bond donors (Lipinski definition) is 4. The second-order valence-corrected chi connectivity index (χ2v) is 13.9. The molecule has 2 heterocycles. The van der Waals surface area contributed by atoms with Gasteiger partial charge >= 0.3 is 6.18 Å². The molecule has 1 saturated carbocycles. The SMILES string of the molecule is CN(Cc1nnc[nH]1)c1cc2c(cc1C(=O)N[C@H]1CC[C@H](C(F)(F)F)CC1)nc(Nc1c(Cl)ccc(CNC(=O)C(C)(C)C)c1Cl)n2C. The van der Waals surface area contributed by atoms with Gasteiger partial charge in [-0.1, -0.05) is 50.0 Å². The molecule has 2 aromatic heterocycles. The van der Waals surface area contributed by atoms with Gasteiger partial charge in [0.2, 0.25) is 11.9 Å². The summed E-state index contributed by atoms with van der Waals surface area (Å²) in [5.41, 5.74) is 2.51. The average Bonchev–Trinajstić information content (AvgIpc) is 3.64. The van der Waals surface area contributed by atoms with E-state index in [-0.39, 0.29) is 44.2 Å². The number of halogens is 5. The number of imidazole rings is 1. The third-order valence-electron chi connectivity index (χ3n) is 8.56. The van der Waals surface area contributed by atoms with Crippen LogP contribution in [0.3, 0.4) is 0 Å². The van der Waals surface area contributed by atoms with Crippen molar-refractivity contribution in [2.75, 3.05) is 17.3 Å². The summed E-state index contributed by atoms with van der Waals surface area (Å²) in [6.45, 7) is 5.95. The molecule has 1 fully saturated rings. The van der Waals surface area contributed by atoms with Crippen LogP contribution in [0.2, 0.25) is 10.0 Å². The predicted octanol–water partition coefficient (Wildman–Crippen LogP) is 6.89. The molecule has 0 radical (unpaired) electrons. The number of carbonyl (C=O) groups excluding carboxylic acids is 2. The minimum absolute atomic E-state index is 0.0315. The van der Waals surface area contributed by atoms with Crippen molar-refractivity contribution in [2.24, 2.45) is 18.4 Å². The van der Waals surface area contributed by atoms with Crippen LogP contribution in [0.5, 0.6) is 0 Å². The normalized spacial score (nSPS) is 17.0. The van der Waals surface area contributed by atoms with Gasteiger partial charge in [-0.2, -0.15) is 13.2 Å². The smallest absolute Gasteiger partial charge is 0.366 e. The molecule has 16 heteroatoms. The Hall–Kier alpha value is -4.04. The lowest BCUT2D eigenvalue weighted by atomic mass is 9.85. The Kier molecular flexibility index (Phi) is 10.2. The molecular formula is C32H38Cl2F3N9O2. The Bertz CT molecular complexity index is 1800. The molecule has 0 spiro atoms. The van der Waals surface area contributed by atoms with Crippen LogP contribution in [-0.4, -0.2) is 55.8 Å². The quantitative estimate of drug-likeness (QED) is 0.149. The highest BCUT2D eigenvalue weighted by Gasteiger charge is 2.41. The van der Waals surface area contributed by atoms with E-state index in [0.717, 1.165) is 0 Å². The van der Waals surface area contributed by atoms with E-state index < -0.39 is 23.4 Å². The molecule has 2 aromatic carbocycles. The molecule has 0 bridgehead atoms. The number of hydrogen-bond acceptors (Lipinski definition) is 7. The van der Waals surface area contributed by atoms with Crippen LogP contribution in [0, 0.1) is 11.3 Å². The molecule has 258 valence electrons. The van der Waals surface area contributed by atoms with Gasteiger partial charge in [-0.15, -0.1) is 10.2 Å². The average molecular weight is 709 g/mol. The summed E-state index contributed by atoms with van der Waals surface area (Å²) in [4.78, 5) is 35.7. The summed E-state index contributed by atoms with van der Waals surface area (Å²) < 4.78 is 41.5. The number of fused-ring (bicyclic) bond motifs is 1. The summed E-state index contributed by atoms with van der Waals surface area (Å²) in [6.07, 6.45) is -2.37. The maximum absolute atomic E-state index is 13.7. The number of aromatic amines is 1. The van der Waals surface area contributed by atoms with Crippen molar-refractivity contribution in [1.82, 2.24) is 35.4 Å². The number of nitrogens with zero attached hydrogens (tertiary/aromatic N) is 5. The Morgan fingerprint density at radius 1 is 1.10 bits per heavy atom. The summed E-state index contributed by atoms with van der Waals surface area (Å²) in [6, 6.07) is 6.51. The highest BCUT2D eigenvalue weighted by molar-refractivity contribution is 6.39. The second kappa shape index (κ2) is 13.8. The standard InChI is InChI=1S/C32H38Cl2F3N9O2/c1-31(2,3)29(48)38-14-17-6-11-21(33)27(26(17)34)43-30-42-22-12-20(28(47)41-19-9-7-18(8-10-19)32(35,36)37)23(13-24(22)46(30)5)45(4)15-25-39-16-40-44-25/h6,11-13,16,18-19H,7-10,14-15H2,1-5H3,(H,38,48)(H,41,47)(H,42,43)(H,39,40,44)/t18-,19-. The molecule has 0 unspecified atom stereocenters. The Balaban J connectivity index is 1.45. The zero-order valence-corrected chi connectivity index (χ0v) is 28.7. The van der Waals surface area contributed by atoms with Gasteiger partial charge in [0.1, 0.15) is 12.2 Å². The molecule has 0 atom stereocenters. The molecule has 2 amide bonds. The minimum atomic E-state index is -4.24. The predicted molar refractivity (Wildman–Crippen MR) is 180 cm³/mol. The molecule has 0 aliphatic heterocycles. The lowest BCUT2D eigenvalue weighted by Crippen LogP contribution is -2.40. The minimum Gasteiger partial charge on any atom is -0.366 e. The van der Waals surface area contributed by atoms with Crippen molar-refractivity contribution < 1.29 is 22.8 Å². The van der Waals surface area contributed by atoms with Crippen LogP contribution in [0.25, 0.3) is 11.0 Å². The number of rotatable bonds is 9. The van der Waals surface area contributed by atoms with Crippen LogP contribution in [0.15, 0.2) is 30.6 Å². The third kappa shape index (κ3) is 7.81. The zero-order chi connectivity index (χ0) is 35.0. The van der Waals surface area contributed by atoms with Gasteiger partial charge in [0.25, 0.3) is 5.91 Å². The number of amides is 2. The number of carbonyl (C=O) groups is 2. The van der Waals surface area contributed by atoms with E-state index in [1.165, 1.54) is 6.33 Å². The van der Waals surface area contributed by atoms with Gasteiger partial charge in [0.15, 0.2) is 0 Å². The van der Waals surface area contributed by atoms with Gasteiger partial charge in [-0.05, 0) is 49.4 Å². The molecule has 5 rings (SSSR count). The number of benzene rings is 2. The number of aryl methyl sites for hydroxylation is 1. The van der Waals surface area contributed by atoms with Crippen molar-refractivity contribution in [2.45, 2.75) is 71.8 Å². The molecular weight excluding hydrogens is 670 g/mol. The first-order valence-electron chi connectivity index (χ1n) is 15.5. The van der Waals surface area contributed by atoms with Gasteiger partial charge < -0.3 is 30.4 Å². The Morgan fingerprint density at radius 3 is 2.44 bits per heavy atom. The lowest BCUT2D eigenvalue weighted by Gasteiger charge is -2.30. The van der Waals surface area contributed by atoms with Gasteiger partial charge in [0, 0.05) is 32.1 Å². The summed E-state index contributed by atoms with van der Waals surface area (Å²) in [5.74, 6) is -0.935. The van der Waals surface area contributed by atoms with Crippen molar-refractivity contribution in [3.05, 3.63) is 57.6 Å². The molecule has 4 N–H and O–H groups in total. The highest BCUT2D eigenvalue weighted by atomic mass is 35.5. The number of nitrogens with one attached hydrogen (secondary N) is 4. The first-order valence-corrected chi connectivity index (χ1v) is 16.2. The van der Waals surface area contributed by atoms with E-state index in [0.29, 0.717) is 61.9 Å². The Morgan fingerprint density at radius 2 is 1.81 bits per heavy atom. The van der Waals surface area contributed by atoms with E-state index in [1.807, 2.05) is 31.7 Å². The van der Waals surface area contributed by atoms with E-state index in [4.69, 9.17) is 28.2 Å². The number of H-pyrrole nitrogens is 1.